The van der Waals surface area contributed by atoms with E-state index in [1.54, 1.807) is 6.92 Å². The minimum atomic E-state index is -1.37. The van der Waals surface area contributed by atoms with E-state index < -0.39 is 23.3 Å². The molecule has 8 heteroatoms. The maximum absolute atomic E-state index is 12.2. The number of hydrogen-bond acceptors (Lipinski definition) is 5. The van der Waals surface area contributed by atoms with Crippen molar-refractivity contribution in [1.29, 1.82) is 0 Å². The third-order valence-electron chi connectivity index (χ3n) is 3.36. The van der Waals surface area contributed by atoms with E-state index >= 15 is 0 Å². The number of carbonyl (C=O) groups is 3. The number of primary amides is 1. The third-order valence-corrected chi connectivity index (χ3v) is 3.36. The zero-order valence-corrected chi connectivity index (χ0v) is 13.2. The van der Waals surface area contributed by atoms with Gasteiger partial charge < -0.3 is 25.6 Å². The Labute approximate surface area is 133 Å². The number of carbonyl (C=O) groups excluding carboxylic acids is 2. The van der Waals surface area contributed by atoms with Crippen LogP contribution >= 0.6 is 0 Å². The molecule has 0 spiro atoms. The summed E-state index contributed by atoms with van der Waals surface area (Å²) in [5.74, 6) is -1.85. The molecule has 1 aromatic rings. The van der Waals surface area contributed by atoms with Crippen molar-refractivity contribution in [2.75, 3.05) is 13.7 Å². The van der Waals surface area contributed by atoms with Crippen LogP contribution in [0, 0.1) is 0 Å². The lowest BCUT2D eigenvalue weighted by atomic mass is 9.98. The van der Waals surface area contributed by atoms with Crippen molar-refractivity contribution in [3.8, 4) is 11.5 Å². The number of carboxylic acid groups (broad SMARTS) is 1. The number of amides is 2. The molecular weight excluding hydrogens is 304 g/mol. The molecule has 1 rings (SSSR count). The fraction of sp³-hybridized carbons (Fsp3) is 0.400. The summed E-state index contributed by atoms with van der Waals surface area (Å²) in [5.41, 5.74) is 3.83. The van der Waals surface area contributed by atoms with Gasteiger partial charge in [0.15, 0.2) is 18.1 Å². The number of hydrogen-bond donors (Lipinski definition) is 3. The first kappa shape index (κ1) is 18.3. The van der Waals surface area contributed by atoms with Gasteiger partial charge in [-0.25, -0.2) is 4.79 Å². The molecule has 1 atom stereocenters. The number of rotatable bonds is 8. The predicted octanol–water partition coefficient (Wildman–Crippen LogP) is 0.542. The van der Waals surface area contributed by atoms with Crippen LogP contribution in [0.15, 0.2) is 18.2 Å². The zero-order chi connectivity index (χ0) is 17.6. The summed E-state index contributed by atoms with van der Waals surface area (Å²) in [7, 11) is 1.38. The number of nitrogens with two attached hydrogens (primary N) is 1. The van der Waals surface area contributed by atoms with Gasteiger partial charge in [0.2, 0.25) is 0 Å². The average molecular weight is 324 g/mol. The molecule has 1 unspecified atom stereocenters. The molecular formula is C15H20N2O6. The van der Waals surface area contributed by atoms with Crippen molar-refractivity contribution in [3.63, 3.8) is 0 Å². The van der Waals surface area contributed by atoms with Crippen LogP contribution < -0.4 is 20.5 Å². The number of nitrogens with one attached hydrogen (secondary N) is 1. The number of ether oxygens (including phenoxy) is 2. The van der Waals surface area contributed by atoms with Crippen LogP contribution in [0.25, 0.3) is 0 Å². The minimum Gasteiger partial charge on any atom is -0.493 e. The Morgan fingerprint density at radius 2 is 1.96 bits per heavy atom. The fourth-order valence-corrected chi connectivity index (χ4v) is 1.69. The molecule has 0 aliphatic heterocycles. The molecule has 0 fully saturated rings. The molecule has 0 aliphatic rings. The Balaban J connectivity index is 2.98. The van der Waals surface area contributed by atoms with E-state index in [2.05, 4.69) is 5.32 Å². The maximum atomic E-state index is 12.2. The summed E-state index contributed by atoms with van der Waals surface area (Å²) < 4.78 is 10.3. The van der Waals surface area contributed by atoms with E-state index in [1.807, 2.05) is 0 Å². The van der Waals surface area contributed by atoms with Crippen LogP contribution in [-0.2, 0) is 9.59 Å². The topological polar surface area (TPSA) is 128 Å². The first-order valence-corrected chi connectivity index (χ1v) is 6.88. The quantitative estimate of drug-likeness (QED) is 0.640. The van der Waals surface area contributed by atoms with Gasteiger partial charge in [-0.05, 0) is 31.5 Å². The van der Waals surface area contributed by atoms with E-state index in [0.29, 0.717) is 0 Å². The Morgan fingerprint density at radius 3 is 2.43 bits per heavy atom. The molecule has 0 bridgehead atoms. The summed E-state index contributed by atoms with van der Waals surface area (Å²) in [5, 5.41) is 11.7. The number of carboxylic acids is 1. The number of methoxy groups -OCH3 is 1. The largest absolute Gasteiger partial charge is 0.493 e. The molecule has 0 radical (unpaired) electrons. The van der Waals surface area contributed by atoms with Gasteiger partial charge in [0.1, 0.15) is 5.54 Å². The number of benzene rings is 1. The van der Waals surface area contributed by atoms with Crippen molar-refractivity contribution >= 4 is 17.8 Å². The minimum absolute atomic E-state index is 0.203. The van der Waals surface area contributed by atoms with Crippen LogP contribution in [0.4, 0.5) is 0 Å². The van der Waals surface area contributed by atoms with Gasteiger partial charge in [0, 0.05) is 5.56 Å². The summed E-state index contributed by atoms with van der Waals surface area (Å²) in [6, 6.07) is 4.27. The summed E-state index contributed by atoms with van der Waals surface area (Å²) >= 11 is 0. The summed E-state index contributed by atoms with van der Waals surface area (Å²) in [6.07, 6.45) is 0.227. The van der Waals surface area contributed by atoms with Gasteiger partial charge in [-0.1, -0.05) is 6.92 Å². The van der Waals surface area contributed by atoms with Crippen molar-refractivity contribution in [2.24, 2.45) is 5.73 Å². The van der Waals surface area contributed by atoms with Crippen molar-refractivity contribution in [3.05, 3.63) is 23.8 Å². The smallest absolute Gasteiger partial charge is 0.329 e. The maximum Gasteiger partial charge on any atom is 0.329 e. The fourth-order valence-electron chi connectivity index (χ4n) is 1.69. The Morgan fingerprint density at radius 1 is 1.30 bits per heavy atom. The monoisotopic (exact) mass is 324 g/mol. The molecule has 1 aromatic carbocycles. The second-order valence-electron chi connectivity index (χ2n) is 5.07. The van der Waals surface area contributed by atoms with Crippen molar-refractivity contribution < 1.29 is 29.0 Å². The van der Waals surface area contributed by atoms with E-state index in [4.69, 9.17) is 15.2 Å². The Bertz CT molecular complexity index is 616. The van der Waals surface area contributed by atoms with Crippen LogP contribution in [-0.4, -0.2) is 42.1 Å². The molecule has 0 heterocycles. The van der Waals surface area contributed by atoms with Gasteiger partial charge in [-0.15, -0.1) is 0 Å². The molecule has 2 amide bonds. The first-order chi connectivity index (χ1) is 10.7. The van der Waals surface area contributed by atoms with E-state index in [-0.39, 0.29) is 30.1 Å². The highest BCUT2D eigenvalue weighted by Gasteiger charge is 2.33. The van der Waals surface area contributed by atoms with Crippen LogP contribution in [0.2, 0.25) is 0 Å². The van der Waals surface area contributed by atoms with E-state index in [1.165, 1.54) is 32.2 Å². The SMILES string of the molecule is CCC(C)(NC(=O)c1ccc(OCC(N)=O)c(OC)c1)C(=O)O. The highest BCUT2D eigenvalue weighted by atomic mass is 16.5. The molecule has 0 aliphatic carbocycles. The molecule has 23 heavy (non-hydrogen) atoms. The van der Waals surface area contributed by atoms with Gasteiger partial charge in [0.25, 0.3) is 11.8 Å². The summed E-state index contributed by atoms with van der Waals surface area (Å²) in [4.78, 5) is 34.2. The molecule has 126 valence electrons. The van der Waals surface area contributed by atoms with Gasteiger partial charge in [-0.2, -0.15) is 0 Å². The van der Waals surface area contributed by atoms with Crippen LogP contribution in [0.5, 0.6) is 11.5 Å². The molecule has 4 N–H and O–H groups in total. The third kappa shape index (κ3) is 4.60. The van der Waals surface area contributed by atoms with Crippen LogP contribution in [0.1, 0.15) is 30.6 Å². The van der Waals surface area contributed by atoms with Gasteiger partial charge >= 0.3 is 5.97 Å². The van der Waals surface area contributed by atoms with E-state index in [0.717, 1.165) is 0 Å². The zero-order valence-electron chi connectivity index (χ0n) is 13.2. The summed E-state index contributed by atoms with van der Waals surface area (Å²) in [6.45, 7) is 2.76. The first-order valence-electron chi connectivity index (χ1n) is 6.88. The van der Waals surface area contributed by atoms with Crippen LogP contribution in [0.3, 0.4) is 0 Å². The van der Waals surface area contributed by atoms with Crippen molar-refractivity contribution in [1.82, 2.24) is 5.32 Å². The standard InChI is InChI=1S/C15H20N2O6/c1-4-15(2,14(20)21)17-13(19)9-5-6-10(11(7-9)22-3)23-8-12(16)18/h5-7H,4,8H2,1-3H3,(H2,16,18)(H,17,19)(H,20,21). The normalized spacial score (nSPS) is 12.8. The van der Waals surface area contributed by atoms with E-state index in [9.17, 15) is 19.5 Å². The van der Waals surface area contributed by atoms with Gasteiger partial charge in [-0.3, -0.25) is 9.59 Å². The molecule has 0 saturated carbocycles. The second-order valence-corrected chi connectivity index (χ2v) is 5.07. The Kier molecular flexibility index (Phi) is 5.94. The average Bonchev–Trinajstić information content (AvgIpc) is 2.52. The highest BCUT2D eigenvalue weighted by molar-refractivity contribution is 5.98. The lowest BCUT2D eigenvalue weighted by Crippen LogP contribution is -2.51. The highest BCUT2D eigenvalue weighted by Crippen LogP contribution is 2.28. The second kappa shape index (κ2) is 7.48. The molecule has 0 aromatic heterocycles. The predicted molar refractivity (Wildman–Crippen MR) is 81.5 cm³/mol. The molecule has 8 nitrogen and oxygen atoms in total. The van der Waals surface area contributed by atoms with Gasteiger partial charge in [0.05, 0.1) is 7.11 Å². The number of aliphatic carboxylic acids is 1. The van der Waals surface area contributed by atoms with Crippen molar-refractivity contribution in [2.45, 2.75) is 25.8 Å². The molecule has 0 saturated heterocycles. The lowest BCUT2D eigenvalue weighted by molar-refractivity contribution is -0.143. The Hall–Kier alpha value is -2.77. The lowest BCUT2D eigenvalue weighted by Gasteiger charge is -2.24.